The summed E-state index contributed by atoms with van der Waals surface area (Å²) in [6.07, 6.45) is 3.63. The van der Waals surface area contributed by atoms with Crippen molar-refractivity contribution in [1.29, 1.82) is 0 Å². The van der Waals surface area contributed by atoms with Gasteiger partial charge in [0.05, 0.1) is 52.3 Å². The smallest absolute Gasteiger partial charge is 0.281 e. The lowest BCUT2D eigenvalue weighted by Crippen LogP contribution is -2.35. The molecule has 0 fully saturated rings. The van der Waals surface area contributed by atoms with Gasteiger partial charge in [-0.25, -0.2) is 19.9 Å². The third kappa shape index (κ3) is 11.0. The Morgan fingerprint density at radius 1 is 0.944 bits per heavy atom. The summed E-state index contributed by atoms with van der Waals surface area (Å²) in [6, 6.07) is 9.86. The Balaban J connectivity index is 0.000000213. The number of nitrogens with zero attached hydrogens (tertiary/aromatic N) is 9. The van der Waals surface area contributed by atoms with E-state index in [9.17, 15) is 34.2 Å². The van der Waals surface area contributed by atoms with Crippen molar-refractivity contribution >= 4 is 120 Å². The number of aliphatic imine (C=N–C) groups is 2. The number of nitrogens with one attached hydrogen (secondary N) is 4. The molecule has 3 unspecified atom stereocenters. The molecule has 2 amide bonds. The molecule has 0 aliphatic carbocycles. The molecule has 3 atom stereocenters. The number of rotatable bonds is 13. The van der Waals surface area contributed by atoms with Crippen molar-refractivity contribution in [2.75, 3.05) is 34.1 Å². The van der Waals surface area contributed by atoms with E-state index in [1.54, 1.807) is 44.4 Å². The van der Waals surface area contributed by atoms with Gasteiger partial charge in [-0.3, -0.25) is 47.3 Å². The van der Waals surface area contributed by atoms with Crippen molar-refractivity contribution in [3.05, 3.63) is 120 Å². The lowest BCUT2D eigenvalue weighted by atomic mass is 10.1. The van der Waals surface area contributed by atoms with Crippen LogP contribution in [0.5, 0.6) is 5.75 Å². The maximum Gasteiger partial charge on any atom is 0.281 e. The van der Waals surface area contributed by atoms with Crippen LogP contribution in [0.4, 0.5) is 33.0 Å². The quantitative estimate of drug-likeness (QED) is 0.0326. The average Bonchev–Trinajstić information content (AvgIpc) is 4.13. The number of aliphatic hydroxyl groups is 2. The first-order valence-corrected chi connectivity index (χ1v) is 24.1. The van der Waals surface area contributed by atoms with Crippen molar-refractivity contribution in [1.82, 2.24) is 33.3 Å². The summed E-state index contributed by atoms with van der Waals surface area (Å²) in [5.41, 5.74) is 14.4. The molecule has 1 aliphatic rings. The average molecular weight is 1060 g/mol. The standard InChI is InChI=1S/C23H25N9O5S.C22H22Cl2N6O3S/c1-11(16(35)9-33)27-20(24)19-21(36)30-38-22(19)29-17-8-14(25-10-26-17)23(37)32-7-6-13-15(32)4-5-18(28-13)31(3)12(2)34;1-9(2)27-19(25)16-20(32)29-34-21(16)28-11-4-5-15(31)13(7-11)22(33)30-10(3)6-12-14(30)8-26-18(24)17(12)23/h4-8,10-11,16,33,35H,9H2,1-3H3,(H2,24,27)(H,30,36)(H,25,26,29);4-5,7-10,28,31H,6H2,1-3H3,(H2,25,27)(H,29,32). The van der Waals surface area contributed by atoms with Crippen molar-refractivity contribution in [2.45, 2.75) is 65.3 Å². The van der Waals surface area contributed by atoms with Crippen LogP contribution in [0.2, 0.25) is 10.2 Å². The Kier molecular flexibility index (Phi) is 15.9. The fourth-order valence-corrected chi connectivity index (χ4v) is 9.20. The number of benzene rings is 1. The number of phenolic OH excluding ortho intramolecular Hbond substituents is 1. The number of amides is 2. The van der Waals surface area contributed by atoms with Gasteiger partial charge in [0.25, 0.3) is 22.9 Å². The normalized spacial score (nSPS) is 14.4. The highest BCUT2D eigenvalue weighted by Crippen LogP contribution is 2.41. The van der Waals surface area contributed by atoms with E-state index in [2.05, 4.69) is 49.3 Å². The number of nitrogens with two attached hydrogens (primary N) is 2. The van der Waals surface area contributed by atoms with Crippen LogP contribution in [0.1, 0.15) is 72.2 Å². The predicted molar refractivity (Wildman–Crippen MR) is 279 cm³/mol. The number of aromatic nitrogens is 7. The number of carbonyl (C=O) groups is 3. The molecule has 0 bridgehead atoms. The maximum atomic E-state index is 13.5. The summed E-state index contributed by atoms with van der Waals surface area (Å²) in [7, 11) is 1.61. The largest absolute Gasteiger partial charge is 0.507 e. The second kappa shape index (κ2) is 21.8. The van der Waals surface area contributed by atoms with E-state index in [1.165, 1.54) is 52.0 Å². The molecular weight excluding hydrogens is 1010 g/mol. The van der Waals surface area contributed by atoms with E-state index in [0.717, 1.165) is 28.6 Å². The molecule has 8 rings (SSSR count). The lowest BCUT2D eigenvalue weighted by Gasteiger charge is -2.23. The van der Waals surface area contributed by atoms with Crippen LogP contribution in [0.25, 0.3) is 11.0 Å². The number of amidine groups is 2. The molecule has 0 radical (unpaired) electrons. The Bertz CT molecular complexity index is 3400. The number of carbonyl (C=O) groups excluding carboxylic acids is 3. The molecule has 11 N–H and O–H groups in total. The number of pyridine rings is 2. The topological polar surface area (TPSA) is 341 Å². The van der Waals surface area contributed by atoms with E-state index in [1.807, 2.05) is 20.8 Å². The van der Waals surface area contributed by atoms with Gasteiger partial charge in [-0.1, -0.05) is 23.2 Å². The molecule has 6 aromatic heterocycles. The van der Waals surface area contributed by atoms with Crippen molar-refractivity contribution in [3.8, 4) is 5.75 Å². The number of aliphatic hydroxyl groups excluding tert-OH is 2. The van der Waals surface area contributed by atoms with Gasteiger partial charge in [0, 0.05) is 49.6 Å². The van der Waals surface area contributed by atoms with Gasteiger partial charge in [0.1, 0.15) is 67.4 Å². The first-order chi connectivity index (χ1) is 34.2. The van der Waals surface area contributed by atoms with Crippen LogP contribution in [-0.4, -0.2) is 116 Å². The molecule has 7 heterocycles. The number of fused-ring (bicyclic) bond motifs is 2. The molecule has 0 saturated carbocycles. The Morgan fingerprint density at radius 3 is 2.26 bits per heavy atom. The van der Waals surface area contributed by atoms with Gasteiger partial charge < -0.3 is 47.2 Å². The number of H-pyrrole nitrogens is 2. The van der Waals surface area contributed by atoms with Gasteiger partial charge >= 0.3 is 0 Å². The number of anilines is 6. The summed E-state index contributed by atoms with van der Waals surface area (Å²) >= 11 is 14.4. The zero-order chi connectivity index (χ0) is 52.3. The fourth-order valence-electron chi connectivity index (χ4n) is 7.30. The molecule has 7 aromatic rings. The third-order valence-electron chi connectivity index (χ3n) is 11.0. The molecular formula is C45H47Cl2N15O8S2. The van der Waals surface area contributed by atoms with E-state index in [-0.39, 0.29) is 79.3 Å². The molecule has 27 heteroatoms. The van der Waals surface area contributed by atoms with Crippen LogP contribution < -0.4 is 43.0 Å². The fraction of sp³-hybridized carbons (Fsp3) is 0.267. The Labute approximate surface area is 427 Å². The van der Waals surface area contributed by atoms with E-state index >= 15 is 0 Å². The highest BCUT2D eigenvalue weighted by Gasteiger charge is 2.35. The van der Waals surface area contributed by atoms with Crippen LogP contribution in [-0.2, 0) is 11.2 Å². The van der Waals surface area contributed by atoms with Gasteiger partial charge in [0.15, 0.2) is 0 Å². The molecule has 0 spiro atoms. The number of halogens is 2. The number of aromatic hydroxyl groups is 1. The van der Waals surface area contributed by atoms with E-state index < -0.39 is 36.1 Å². The molecule has 1 aromatic carbocycles. The summed E-state index contributed by atoms with van der Waals surface area (Å²) in [5, 5.41) is 36.6. The van der Waals surface area contributed by atoms with Crippen LogP contribution >= 0.6 is 46.3 Å². The summed E-state index contributed by atoms with van der Waals surface area (Å²) in [4.78, 5) is 91.1. The highest BCUT2D eigenvalue weighted by atomic mass is 35.5. The summed E-state index contributed by atoms with van der Waals surface area (Å²) < 4.78 is 6.58. The van der Waals surface area contributed by atoms with Crippen LogP contribution in [0.3, 0.4) is 0 Å². The van der Waals surface area contributed by atoms with Crippen LogP contribution in [0, 0.1) is 0 Å². The maximum absolute atomic E-state index is 13.5. The number of hydrogen-bond acceptors (Lipinski definition) is 18. The van der Waals surface area contributed by atoms with E-state index in [4.69, 9.17) is 39.8 Å². The minimum atomic E-state index is -1.14. The minimum absolute atomic E-state index is 0.0345. The molecule has 72 heavy (non-hydrogen) atoms. The lowest BCUT2D eigenvalue weighted by molar-refractivity contribution is -0.116. The first-order valence-electron chi connectivity index (χ1n) is 21.7. The number of aromatic amines is 2. The van der Waals surface area contributed by atoms with Crippen molar-refractivity contribution in [3.63, 3.8) is 0 Å². The van der Waals surface area contributed by atoms with Gasteiger partial charge in [0.2, 0.25) is 5.91 Å². The Hall–Kier alpha value is -7.55. The SMILES string of the molecule is CC(=O)N(C)c1ccc2c(ccn2C(=O)c2cc(Nc3s[nH]c(=O)c3C(N)=NC(C)C(O)CO)ncn2)n1.CC(C)N=C(N)c1c(Nc2ccc(O)c(C(=O)N3c4cnc(Cl)c(Cl)c4CC3C)c2)s[nH]c1=O. The second-order valence-electron chi connectivity index (χ2n) is 16.5. The molecule has 23 nitrogen and oxygen atoms in total. The van der Waals surface area contributed by atoms with Crippen molar-refractivity contribution < 1.29 is 29.7 Å². The van der Waals surface area contributed by atoms with Gasteiger partial charge in [-0.05, 0) is 93.6 Å². The Morgan fingerprint density at radius 2 is 1.61 bits per heavy atom. The molecule has 1 aliphatic heterocycles. The molecule has 0 saturated heterocycles. The molecule has 376 valence electrons. The summed E-state index contributed by atoms with van der Waals surface area (Å²) in [6.45, 7) is 8.05. The third-order valence-corrected chi connectivity index (χ3v) is 13.4. The van der Waals surface area contributed by atoms with Crippen molar-refractivity contribution in [2.24, 2.45) is 21.5 Å². The zero-order valence-corrected chi connectivity index (χ0v) is 42.3. The first kappa shape index (κ1) is 52.3. The summed E-state index contributed by atoms with van der Waals surface area (Å²) in [5.74, 6) is -0.584. The van der Waals surface area contributed by atoms with Gasteiger partial charge in [-0.2, -0.15) is 0 Å². The van der Waals surface area contributed by atoms with Gasteiger partial charge in [-0.15, -0.1) is 0 Å². The monoisotopic (exact) mass is 1060 g/mol. The second-order valence-corrected chi connectivity index (χ2v) is 18.8. The van der Waals surface area contributed by atoms with Crippen LogP contribution in [0.15, 0.2) is 80.8 Å². The minimum Gasteiger partial charge on any atom is -0.507 e. The number of hydrogen-bond donors (Lipinski definition) is 9. The zero-order valence-electron chi connectivity index (χ0n) is 39.1. The number of phenols is 1. The van der Waals surface area contributed by atoms with E-state index in [0.29, 0.717) is 44.7 Å². The predicted octanol–water partition coefficient (Wildman–Crippen LogP) is 4.73. The highest BCUT2D eigenvalue weighted by molar-refractivity contribution is 7.11.